The van der Waals surface area contributed by atoms with Gasteiger partial charge >= 0.3 is 0 Å². The molecule has 0 radical (unpaired) electrons. The van der Waals surface area contributed by atoms with Crippen LogP contribution in [0, 0.1) is 0 Å². The highest BCUT2D eigenvalue weighted by atomic mass is 16.5. The summed E-state index contributed by atoms with van der Waals surface area (Å²) in [7, 11) is 0. The van der Waals surface area contributed by atoms with Gasteiger partial charge in [0.25, 0.3) is 0 Å². The molecule has 3 rings (SSSR count). The molecule has 0 bridgehead atoms. The zero-order chi connectivity index (χ0) is 12.2. The predicted molar refractivity (Wildman–Crippen MR) is 69.4 cm³/mol. The number of nitrogens with one attached hydrogen (secondary N) is 1. The fraction of sp³-hybridized carbons (Fsp3) is 0.769. The van der Waals surface area contributed by atoms with Crippen molar-refractivity contribution in [2.75, 3.05) is 32.8 Å². The number of morpholine rings is 1. The summed E-state index contributed by atoms with van der Waals surface area (Å²) >= 11 is 0. The van der Waals surface area contributed by atoms with Crippen molar-refractivity contribution in [2.24, 2.45) is 0 Å². The molecular weight excluding hydrogens is 228 g/mol. The maximum atomic E-state index is 5.60. The summed E-state index contributed by atoms with van der Waals surface area (Å²) in [6, 6.07) is 3.28. The molecule has 1 unspecified atom stereocenters. The van der Waals surface area contributed by atoms with Crippen LogP contribution in [0.2, 0.25) is 0 Å². The first kappa shape index (κ1) is 12.1. The van der Waals surface area contributed by atoms with Gasteiger partial charge in [0, 0.05) is 44.1 Å². The predicted octanol–water partition coefficient (Wildman–Crippen LogP) is 0.336. The first-order valence-corrected chi connectivity index (χ1v) is 6.94. The second-order valence-electron chi connectivity index (χ2n) is 5.22. The first-order chi connectivity index (χ1) is 8.92. The Morgan fingerprint density at radius 3 is 3.06 bits per heavy atom. The molecule has 1 aromatic rings. The number of rotatable bonds is 6. The Morgan fingerprint density at radius 2 is 2.28 bits per heavy atom. The van der Waals surface area contributed by atoms with Crippen LogP contribution in [-0.2, 0) is 11.3 Å². The number of nitrogens with zero attached hydrogens (tertiary/aromatic N) is 3. The molecule has 100 valence electrons. The number of ether oxygens (including phenoxy) is 1. The van der Waals surface area contributed by atoms with E-state index in [4.69, 9.17) is 4.74 Å². The van der Waals surface area contributed by atoms with E-state index >= 15 is 0 Å². The van der Waals surface area contributed by atoms with Crippen molar-refractivity contribution in [2.45, 2.75) is 31.5 Å². The summed E-state index contributed by atoms with van der Waals surface area (Å²) in [5, 5.41) is 7.86. The standard InChI is InChI=1S/C13H22N4O/c1-4-15-17(5-1)7-6-16-8-9-18-11-13(16)10-14-12-2-3-12/h1,4-5,12-14H,2-3,6-11H2. The third-order valence-electron chi connectivity index (χ3n) is 3.74. The normalized spacial score (nSPS) is 25.4. The van der Waals surface area contributed by atoms with Crippen LogP contribution < -0.4 is 5.32 Å². The zero-order valence-electron chi connectivity index (χ0n) is 10.8. The van der Waals surface area contributed by atoms with Gasteiger partial charge < -0.3 is 10.1 Å². The van der Waals surface area contributed by atoms with Gasteiger partial charge in [0.05, 0.1) is 19.8 Å². The van der Waals surface area contributed by atoms with E-state index in [2.05, 4.69) is 15.3 Å². The van der Waals surface area contributed by atoms with E-state index in [0.29, 0.717) is 6.04 Å². The fourth-order valence-electron chi connectivity index (χ4n) is 2.43. The van der Waals surface area contributed by atoms with E-state index in [1.54, 1.807) is 0 Å². The highest BCUT2D eigenvalue weighted by molar-refractivity contribution is 4.85. The van der Waals surface area contributed by atoms with Gasteiger partial charge in [-0.1, -0.05) is 0 Å². The lowest BCUT2D eigenvalue weighted by molar-refractivity contribution is -0.00862. The van der Waals surface area contributed by atoms with Gasteiger partial charge in [0.15, 0.2) is 0 Å². The minimum absolute atomic E-state index is 0.523. The minimum Gasteiger partial charge on any atom is -0.378 e. The van der Waals surface area contributed by atoms with Crippen LogP contribution in [0.4, 0.5) is 0 Å². The van der Waals surface area contributed by atoms with Gasteiger partial charge in [-0.15, -0.1) is 0 Å². The maximum Gasteiger partial charge on any atom is 0.0634 e. The van der Waals surface area contributed by atoms with Crippen molar-refractivity contribution in [3.63, 3.8) is 0 Å². The van der Waals surface area contributed by atoms with Gasteiger partial charge in [0.2, 0.25) is 0 Å². The van der Waals surface area contributed by atoms with Crippen molar-refractivity contribution < 1.29 is 4.74 Å². The van der Waals surface area contributed by atoms with E-state index in [1.807, 2.05) is 23.1 Å². The Hall–Kier alpha value is -0.910. The number of aromatic nitrogens is 2. The zero-order valence-corrected chi connectivity index (χ0v) is 10.8. The summed E-state index contributed by atoms with van der Waals surface area (Å²) in [6.45, 7) is 5.84. The smallest absolute Gasteiger partial charge is 0.0634 e. The highest BCUT2D eigenvalue weighted by Crippen LogP contribution is 2.19. The Morgan fingerprint density at radius 1 is 1.33 bits per heavy atom. The summed E-state index contributed by atoms with van der Waals surface area (Å²) in [4.78, 5) is 2.53. The number of hydrogen-bond donors (Lipinski definition) is 1. The molecule has 0 aromatic carbocycles. The molecule has 1 saturated heterocycles. The Bertz CT molecular complexity index is 350. The summed E-state index contributed by atoms with van der Waals surface area (Å²) in [5.41, 5.74) is 0. The molecule has 1 aliphatic carbocycles. The van der Waals surface area contributed by atoms with Crippen molar-refractivity contribution >= 4 is 0 Å². The van der Waals surface area contributed by atoms with Crippen molar-refractivity contribution in [3.05, 3.63) is 18.5 Å². The maximum absolute atomic E-state index is 5.60. The van der Waals surface area contributed by atoms with Crippen LogP contribution in [0.25, 0.3) is 0 Å². The molecule has 2 fully saturated rings. The minimum atomic E-state index is 0.523. The SMILES string of the molecule is c1cnn(CCN2CCOCC2CNC2CC2)c1. The molecule has 0 spiro atoms. The molecule has 1 N–H and O–H groups in total. The van der Waals surface area contributed by atoms with Crippen molar-refractivity contribution in [1.82, 2.24) is 20.0 Å². The van der Waals surface area contributed by atoms with Crippen LogP contribution in [0.15, 0.2) is 18.5 Å². The average Bonchev–Trinajstić information content (AvgIpc) is 3.09. The fourth-order valence-corrected chi connectivity index (χ4v) is 2.43. The van der Waals surface area contributed by atoms with Crippen molar-refractivity contribution in [1.29, 1.82) is 0 Å². The van der Waals surface area contributed by atoms with Crippen LogP contribution in [-0.4, -0.2) is 59.6 Å². The van der Waals surface area contributed by atoms with Crippen LogP contribution in [0.1, 0.15) is 12.8 Å². The highest BCUT2D eigenvalue weighted by Gasteiger charge is 2.26. The van der Waals surface area contributed by atoms with E-state index in [-0.39, 0.29) is 0 Å². The molecule has 5 heteroatoms. The topological polar surface area (TPSA) is 42.3 Å². The second-order valence-corrected chi connectivity index (χ2v) is 5.22. The van der Waals surface area contributed by atoms with E-state index in [9.17, 15) is 0 Å². The summed E-state index contributed by atoms with van der Waals surface area (Å²) in [6.07, 6.45) is 6.56. The van der Waals surface area contributed by atoms with E-state index in [1.165, 1.54) is 12.8 Å². The molecule has 0 amide bonds. The Labute approximate surface area is 108 Å². The van der Waals surface area contributed by atoms with Crippen molar-refractivity contribution in [3.8, 4) is 0 Å². The summed E-state index contributed by atoms with van der Waals surface area (Å²) in [5.74, 6) is 0. The molecule has 5 nitrogen and oxygen atoms in total. The van der Waals surface area contributed by atoms with E-state index in [0.717, 1.165) is 45.4 Å². The van der Waals surface area contributed by atoms with Crippen LogP contribution >= 0.6 is 0 Å². The third kappa shape index (κ3) is 3.31. The Balaban J connectivity index is 1.47. The van der Waals surface area contributed by atoms with Gasteiger partial charge in [-0.25, -0.2) is 0 Å². The molecule has 1 aliphatic heterocycles. The molecular formula is C13H22N4O. The quantitative estimate of drug-likeness (QED) is 0.790. The monoisotopic (exact) mass is 250 g/mol. The second kappa shape index (κ2) is 5.82. The number of hydrogen-bond acceptors (Lipinski definition) is 4. The lowest BCUT2D eigenvalue weighted by Gasteiger charge is -2.35. The molecule has 1 atom stereocenters. The summed E-state index contributed by atoms with van der Waals surface area (Å²) < 4.78 is 7.60. The molecule has 1 saturated carbocycles. The molecule has 2 aliphatic rings. The average molecular weight is 250 g/mol. The van der Waals surface area contributed by atoms with Crippen LogP contribution in [0.3, 0.4) is 0 Å². The Kier molecular flexibility index (Phi) is 3.93. The third-order valence-corrected chi connectivity index (χ3v) is 3.74. The van der Waals surface area contributed by atoms with Gasteiger partial charge in [-0.2, -0.15) is 5.10 Å². The largest absolute Gasteiger partial charge is 0.378 e. The lowest BCUT2D eigenvalue weighted by atomic mass is 10.2. The van der Waals surface area contributed by atoms with Crippen LogP contribution in [0.5, 0.6) is 0 Å². The molecule has 1 aromatic heterocycles. The van der Waals surface area contributed by atoms with E-state index < -0.39 is 0 Å². The lowest BCUT2D eigenvalue weighted by Crippen LogP contribution is -2.51. The first-order valence-electron chi connectivity index (χ1n) is 6.94. The van der Waals surface area contributed by atoms with Gasteiger partial charge in [-0.3, -0.25) is 9.58 Å². The van der Waals surface area contributed by atoms with Gasteiger partial charge in [-0.05, 0) is 18.9 Å². The van der Waals surface area contributed by atoms with Gasteiger partial charge in [0.1, 0.15) is 0 Å². The molecule has 2 heterocycles. The molecule has 18 heavy (non-hydrogen) atoms.